The Morgan fingerprint density at radius 1 is 1.28 bits per heavy atom. The first-order valence-corrected chi connectivity index (χ1v) is 11.6. The molecule has 4 rings (SSSR count). The van der Waals surface area contributed by atoms with E-state index in [1.807, 2.05) is 56.3 Å². The van der Waals surface area contributed by atoms with E-state index in [-0.39, 0.29) is 5.91 Å². The number of ether oxygens (including phenoxy) is 2. The van der Waals surface area contributed by atoms with E-state index < -0.39 is 5.60 Å². The van der Waals surface area contributed by atoms with Crippen LogP contribution in [0.3, 0.4) is 0 Å². The summed E-state index contributed by atoms with van der Waals surface area (Å²) >= 11 is 2.31. The number of aromatic nitrogens is 2. The molecule has 0 fully saturated rings. The van der Waals surface area contributed by atoms with Crippen molar-refractivity contribution in [3.8, 4) is 17.4 Å². The van der Waals surface area contributed by atoms with E-state index >= 15 is 0 Å². The summed E-state index contributed by atoms with van der Waals surface area (Å²) in [6.45, 7) is 7.95. The highest BCUT2D eigenvalue weighted by Gasteiger charge is 2.34. The second-order valence-corrected chi connectivity index (χ2v) is 8.69. The number of carbonyl (C=O) groups is 1. The van der Waals surface area contributed by atoms with Crippen LogP contribution in [-0.2, 0) is 9.22 Å². The maximum atomic E-state index is 12.4. The van der Waals surface area contributed by atoms with Crippen molar-refractivity contribution in [2.45, 2.75) is 23.9 Å². The van der Waals surface area contributed by atoms with Gasteiger partial charge in [-0.25, -0.2) is 9.97 Å². The third-order valence-corrected chi connectivity index (χ3v) is 5.69. The van der Waals surface area contributed by atoms with Gasteiger partial charge in [-0.05, 0) is 55.8 Å². The molecule has 0 bridgehead atoms. The number of halogens is 1. The highest BCUT2D eigenvalue weighted by atomic mass is 127. The number of nitrogens with one attached hydrogen (secondary N) is 1. The monoisotopic (exact) mass is 542 g/mol. The van der Waals surface area contributed by atoms with E-state index in [1.165, 1.54) is 18.0 Å². The van der Waals surface area contributed by atoms with Crippen molar-refractivity contribution in [2.75, 3.05) is 16.8 Å². The van der Waals surface area contributed by atoms with Crippen molar-refractivity contribution in [3.05, 3.63) is 73.1 Å². The summed E-state index contributed by atoms with van der Waals surface area (Å²) in [5.41, 5.74) is 2.12. The molecular weight excluding hydrogens is 519 g/mol. The normalized spacial score (nSPS) is 14.2. The van der Waals surface area contributed by atoms with E-state index in [1.54, 1.807) is 11.0 Å². The number of hydrogen-bond donors (Lipinski definition) is 1. The predicted octanol–water partition coefficient (Wildman–Crippen LogP) is 5.64. The highest BCUT2D eigenvalue weighted by molar-refractivity contribution is 14.1. The summed E-state index contributed by atoms with van der Waals surface area (Å²) in [6.07, 6.45) is 2.75. The predicted molar refractivity (Wildman–Crippen MR) is 133 cm³/mol. The van der Waals surface area contributed by atoms with Gasteiger partial charge in [0.2, 0.25) is 5.88 Å². The minimum absolute atomic E-state index is 0.175. The lowest BCUT2D eigenvalue weighted by atomic mass is 10.0. The van der Waals surface area contributed by atoms with Gasteiger partial charge in [-0.3, -0.25) is 4.79 Å². The average molecular weight is 542 g/mol. The Morgan fingerprint density at radius 3 is 2.91 bits per heavy atom. The summed E-state index contributed by atoms with van der Waals surface area (Å²) in [7, 11) is 0. The number of alkyl halides is 1. The lowest BCUT2D eigenvalue weighted by molar-refractivity contribution is -0.115. The summed E-state index contributed by atoms with van der Waals surface area (Å²) < 4.78 is 12.8. The van der Waals surface area contributed by atoms with Crippen LogP contribution in [0, 0.1) is 0 Å². The number of benzene rings is 2. The van der Waals surface area contributed by atoms with Crippen LogP contribution < -0.4 is 19.7 Å². The quantitative estimate of drug-likeness (QED) is 0.247. The first-order chi connectivity index (χ1) is 15.4. The zero-order chi connectivity index (χ0) is 22.7. The molecule has 1 N–H and O–H groups in total. The Labute approximate surface area is 200 Å². The van der Waals surface area contributed by atoms with Gasteiger partial charge in [0.1, 0.15) is 29.2 Å². The summed E-state index contributed by atoms with van der Waals surface area (Å²) in [5, 5.41) is 3.25. The SMILES string of the molecule is C=CC(=O)N1CC(C)(C)Oc2ccc(Nc3cc(Oc4cccc(CI)c4)ncn3)cc21. The van der Waals surface area contributed by atoms with Crippen LogP contribution in [0.4, 0.5) is 17.2 Å². The molecule has 1 aliphatic heterocycles. The standard InChI is InChI=1S/C24H23IN4O3/c1-4-23(30)29-14-24(2,3)32-20-9-8-17(11-19(20)29)28-21-12-22(27-15-26-21)31-18-7-5-6-16(10-18)13-25/h4-12,15H,1,13-14H2,2-3H3,(H,26,27,28). The molecule has 0 saturated heterocycles. The Hall–Kier alpha value is -3.14. The maximum Gasteiger partial charge on any atom is 0.250 e. The number of anilines is 3. The van der Waals surface area contributed by atoms with Gasteiger partial charge >= 0.3 is 0 Å². The fourth-order valence-electron chi connectivity index (χ4n) is 3.42. The molecule has 0 saturated carbocycles. The number of nitrogens with zero attached hydrogens (tertiary/aromatic N) is 3. The molecule has 2 heterocycles. The molecule has 0 spiro atoms. The van der Waals surface area contributed by atoms with Crippen LogP contribution in [0.5, 0.6) is 17.4 Å². The Kier molecular flexibility index (Phi) is 6.31. The molecule has 32 heavy (non-hydrogen) atoms. The van der Waals surface area contributed by atoms with Gasteiger partial charge in [0.25, 0.3) is 5.91 Å². The van der Waals surface area contributed by atoms with E-state index in [9.17, 15) is 4.79 Å². The topological polar surface area (TPSA) is 76.6 Å². The van der Waals surface area contributed by atoms with Crippen molar-refractivity contribution in [3.63, 3.8) is 0 Å². The molecule has 1 aliphatic rings. The van der Waals surface area contributed by atoms with Gasteiger partial charge in [-0.15, -0.1) is 0 Å². The third kappa shape index (κ3) is 5.01. The fraction of sp³-hybridized carbons (Fsp3) is 0.208. The van der Waals surface area contributed by atoms with Crippen LogP contribution in [0.15, 0.2) is 67.5 Å². The molecule has 0 atom stereocenters. The molecule has 0 aliphatic carbocycles. The van der Waals surface area contributed by atoms with Gasteiger partial charge in [-0.1, -0.05) is 41.3 Å². The van der Waals surface area contributed by atoms with Crippen molar-refractivity contribution in [2.24, 2.45) is 0 Å². The molecule has 1 amide bonds. The number of fused-ring (bicyclic) bond motifs is 1. The lowest BCUT2D eigenvalue weighted by Crippen LogP contribution is -2.48. The smallest absolute Gasteiger partial charge is 0.250 e. The lowest BCUT2D eigenvalue weighted by Gasteiger charge is -2.39. The summed E-state index contributed by atoms with van der Waals surface area (Å²) in [4.78, 5) is 22.6. The van der Waals surface area contributed by atoms with Crippen molar-refractivity contribution >= 4 is 45.7 Å². The molecule has 0 unspecified atom stereocenters. The second-order valence-electron chi connectivity index (χ2n) is 7.92. The van der Waals surface area contributed by atoms with E-state index in [0.717, 1.165) is 15.9 Å². The minimum atomic E-state index is -0.492. The first kappa shape index (κ1) is 22.1. The number of amides is 1. The maximum absolute atomic E-state index is 12.4. The molecule has 0 radical (unpaired) electrons. The molecule has 2 aromatic carbocycles. The second kappa shape index (κ2) is 9.15. The number of hydrogen-bond acceptors (Lipinski definition) is 6. The summed E-state index contributed by atoms with van der Waals surface area (Å²) in [6, 6.07) is 15.2. The van der Waals surface area contributed by atoms with Crippen molar-refractivity contribution < 1.29 is 14.3 Å². The van der Waals surface area contributed by atoms with Gasteiger partial charge in [-0.2, -0.15) is 0 Å². The van der Waals surface area contributed by atoms with Crippen molar-refractivity contribution in [1.82, 2.24) is 9.97 Å². The van der Waals surface area contributed by atoms with Crippen LogP contribution in [0.2, 0.25) is 0 Å². The van der Waals surface area contributed by atoms with Crippen LogP contribution in [0.25, 0.3) is 0 Å². The zero-order valence-electron chi connectivity index (χ0n) is 17.8. The van der Waals surface area contributed by atoms with Crippen LogP contribution in [0.1, 0.15) is 19.4 Å². The van der Waals surface area contributed by atoms with Crippen molar-refractivity contribution in [1.29, 1.82) is 0 Å². The number of rotatable bonds is 6. The zero-order valence-corrected chi connectivity index (χ0v) is 20.0. The Bertz CT molecular complexity index is 1170. The largest absolute Gasteiger partial charge is 0.484 e. The minimum Gasteiger partial charge on any atom is -0.484 e. The molecule has 164 valence electrons. The van der Waals surface area contributed by atoms with Gasteiger partial charge in [0.15, 0.2) is 0 Å². The van der Waals surface area contributed by atoms with Gasteiger partial charge < -0.3 is 19.7 Å². The molecule has 8 heteroatoms. The molecule has 3 aromatic rings. The van der Waals surface area contributed by atoms with Crippen LogP contribution >= 0.6 is 22.6 Å². The average Bonchev–Trinajstić information content (AvgIpc) is 2.78. The fourth-order valence-corrected chi connectivity index (χ4v) is 3.89. The van der Waals surface area contributed by atoms with E-state index in [0.29, 0.717) is 29.7 Å². The Balaban J connectivity index is 1.57. The molecular formula is C24H23IN4O3. The van der Waals surface area contributed by atoms with Gasteiger partial charge in [0.05, 0.1) is 12.2 Å². The van der Waals surface area contributed by atoms with E-state index in [4.69, 9.17) is 9.47 Å². The number of carbonyl (C=O) groups excluding carboxylic acids is 1. The molecule has 7 nitrogen and oxygen atoms in total. The van der Waals surface area contributed by atoms with Crippen LogP contribution in [-0.4, -0.2) is 28.0 Å². The van der Waals surface area contributed by atoms with E-state index in [2.05, 4.69) is 44.5 Å². The highest BCUT2D eigenvalue weighted by Crippen LogP contribution is 2.39. The van der Waals surface area contributed by atoms with Gasteiger partial charge in [0, 0.05) is 16.2 Å². The third-order valence-electron chi connectivity index (χ3n) is 4.81. The molecule has 1 aromatic heterocycles. The first-order valence-electron chi connectivity index (χ1n) is 10.1. The Morgan fingerprint density at radius 2 is 2.12 bits per heavy atom. The summed E-state index contributed by atoms with van der Waals surface area (Å²) in [5.74, 6) is 2.18.